The molecule has 0 saturated carbocycles. The van der Waals surface area contributed by atoms with Gasteiger partial charge in [0, 0.05) is 12.1 Å². The average Bonchev–Trinajstić information content (AvgIpc) is 2.89. The number of aromatic hydroxyl groups is 1. The van der Waals surface area contributed by atoms with Gasteiger partial charge in [-0.05, 0) is 92.6 Å². The fourth-order valence-electron chi connectivity index (χ4n) is 5.10. The number of likely N-dealkylation sites (tertiary alicyclic amines) is 1. The van der Waals surface area contributed by atoms with Gasteiger partial charge in [-0.15, -0.1) is 0 Å². The van der Waals surface area contributed by atoms with E-state index in [2.05, 4.69) is 66.9 Å². The van der Waals surface area contributed by atoms with Gasteiger partial charge in [-0.2, -0.15) is 0 Å². The standard InChI is InChI=1S/C34H39NO3/c1-6-25-21-29(23-35-20-11-10-17-31(35)33(37)38-34(3,4)5)32(36)22-28(25)19-18-26-15-12-16-30(24(26)2)27-13-8-7-9-14-27/h6-9,12-16,18-19,21-22,31,36H,1,10-11,17,20,23H2,2-5H3/b19-18+/t31-/m0/s1. The maximum Gasteiger partial charge on any atom is 0.323 e. The lowest BCUT2D eigenvalue weighted by molar-refractivity contribution is -0.163. The van der Waals surface area contributed by atoms with Crippen molar-refractivity contribution in [2.75, 3.05) is 6.54 Å². The molecule has 1 atom stereocenters. The Hall–Kier alpha value is -3.63. The van der Waals surface area contributed by atoms with E-state index in [1.807, 2.05) is 45.1 Å². The van der Waals surface area contributed by atoms with Crippen LogP contribution in [-0.2, 0) is 16.1 Å². The van der Waals surface area contributed by atoms with Gasteiger partial charge in [0.05, 0.1) is 0 Å². The second kappa shape index (κ2) is 11.8. The van der Waals surface area contributed by atoms with E-state index in [-0.39, 0.29) is 17.8 Å². The molecule has 1 aliphatic rings. The predicted octanol–water partition coefficient (Wildman–Crippen LogP) is 7.88. The number of carbonyl (C=O) groups excluding carboxylic acids is 1. The van der Waals surface area contributed by atoms with Crippen LogP contribution in [0.25, 0.3) is 29.4 Å². The molecule has 0 amide bonds. The number of ether oxygens (including phenoxy) is 1. The highest BCUT2D eigenvalue weighted by molar-refractivity contribution is 5.80. The lowest BCUT2D eigenvalue weighted by Gasteiger charge is -2.35. The van der Waals surface area contributed by atoms with Gasteiger partial charge in [0.15, 0.2) is 0 Å². The van der Waals surface area contributed by atoms with E-state index < -0.39 is 5.60 Å². The first-order valence-electron chi connectivity index (χ1n) is 13.4. The Labute approximate surface area is 227 Å². The molecule has 4 heteroatoms. The summed E-state index contributed by atoms with van der Waals surface area (Å²) in [5.41, 5.74) is 6.82. The number of hydrogen-bond donors (Lipinski definition) is 1. The Morgan fingerprint density at radius 1 is 1.03 bits per heavy atom. The van der Waals surface area contributed by atoms with Crippen LogP contribution in [0.4, 0.5) is 0 Å². The maximum absolute atomic E-state index is 12.9. The van der Waals surface area contributed by atoms with Crippen molar-refractivity contribution in [3.63, 3.8) is 0 Å². The number of esters is 1. The fourth-order valence-corrected chi connectivity index (χ4v) is 5.10. The van der Waals surface area contributed by atoms with Crippen LogP contribution in [0.15, 0.2) is 67.2 Å². The van der Waals surface area contributed by atoms with Crippen LogP contribution in [0.1, 0.15) is 67.9 Å². The van der Waals surface area contributed by atoms with Gasteiger partial charge in [-0.1, -0.05) is 79.8 Å². The van der Waals surface area contributed by atoms with Crippen LogP contribution in [0.2, 0.25) is 0 Å². The SMILES string of the molecule is C=Cc1cc(CN2CCCC[C@H]2C(=O)OC(C)(C)C)c(O)cc1/C=C/c1cccc(-c2ccccc2)c1C. The summed E-state index contributed by atoms with van der Waals surface area (Å²) in [6.45, 7) is 13.1. The fraction of sp³-hybridized carbons (Fsp3) is 0.324. The highest BCUT2D eigenvalue weighted by Gasteiger charge is 2.32. The van der Waals surface area contributed by atoms with Crippen LogP contribution in [0, 0.1) is 6.92 Å². The van der Waals surface area contributed by atoms with Crippen molar-refractivity contribution in [1.82, 2.24) is 4.90 Å². The summed E-state index contributed by atoms with van der Waals surface area (Å²) < 4.78 is 5.69. The number of phenolic OH excluding ortho intramolecular Hbond substituents is 1. The molecule has 3 aromatic carbocycles. The maximum atomic E-state index is 12.9. The molecule has 0 aromatic heterocycles. The molecule has 1 heterocycles. The van der Waals surface area contributed by atoms with E-state index in [1.165, 1.54) is 16.7 Å². The van der Waals surface area contributed by atoms with Crippen molar-refractivity contribution in [2.45, 2.75) is 65.1 Å². The molecule has 4 rings (SSSR count). The molecule has 3 aromatic rings. The number of benzene rings is 3. The Bertz CT molecular complexity index is 1320. The number of hydrogen-bond acceptors (Lipinski definition) is 4. The van der Waals surface area contributed by atoms with E-state index in [0.29, 0.717) is 6.54 Å². The van der Waals surface area contributed by atoms with E-state index >= 15 is 0 Å². The van der Waals surface area contributed by atoms with Crippen LogP contribution in [-0.4, -0.2) is 34.2 Å². The molecule has 38 heavy (non-hydrogen) atoms. The molecule has 1 fully saturated rings. The van der Waals surface area contributed by atoms with Gasteiger partial charge in [-0.3, -0.25) is 9.69 Å². The molecular weight excluding hydrogens is 470 g/mol. The lowest BCUT2D eigenvalue weighted by Crippen LogP contribution is -2.46. The first-order valence-corrected chi connectivity index (χ1v) is 13.4. The van der Waals surface area contributed by atoms with Gasteiger partial charge in [0.25, 0.3) is 0 Å². The first kappa shape index (κ1) is 27.4. The third-order valence-corrected chi connectivity index (χ3v) is 7.07. The first-order chi connectivity index (χ1) is 18.2. The Morgan fingerprint density at radius 2 is 1.76 bits per heavy atom. The Kier molecular flexibility index (Phi) is 8.53. The zero-order valence-corrected chi connectivity index (χ0v) is 23.0. The molecule has 1 aliphatic heterocycles. The summed E-state index contributed by atoms with van der Waals surface area (Å²) in [6, 6.07) is 20.2. The highest BCUT2D eigenvalue weighted by Crippen LogP contribution is 2.31. The van der Waals surface area contributed by atoms with Crippen LogP contribution in [0.5, 0.6) is 5.75 Å². The summed E-state index contributed by atoms with van der Waals surface area (Å²) in [5.74, 6) is 0.0341. The van der Waals surface area contributed by atoms with Gasteiger partial charge >= 0.3 is 5.97 Å². The van der Waals surface area contributed by atoms with Crippen LogP contribution >= 0.6 is 0 Å². The average molecular weight is 510 g/mol. The lowest BCUT2D eigenvalue weighted by atomic mass is 9.95. The summed E-state index contributed by atoms with van der Waals surface area (Å²) in [5, 5.41) is 11.0. The minimum absolute atomic E-state index is 0.187. The molecule has 0 radical (unpaired) electrons. The zero-order chi connectivity index (χ0) is 27.3. The molecule has 0 bridgehead atoms. The van der Waals surface area contributed by atoms with Crippen molar-refractivity contribution < 1.29 is 14.6 Å². The smallest absolute Gasteiger partial charge is 0.323 e. The monoisotopic (exact) mass is 509 g/mol. The molecule has 0 spiro atoms. The van der Waals surface area contributed by atoms with Crippen LogP contribution in [0.3, 0.4) is 0 Å². The molecule has 198 valence electrons. The molecule has 0 unspecified atom stereocenters. The van der Waals surface area contributed by atoms with Crippen molar-refractivity contribution >= 4 is 24.2 Å². The molecular formula is C34H39NO3. The van der Waals surface area contributed by atoms with E-state index in [4.69, 9.17) is 4.74 Å². The van der Waals surface area contributed by atoms with Gasteiger partial charge in [0.2, 0.25) is 0 Å². The highest BCUT2D eigenvalue weighted by atomic mass is 16.6. The number of rotatable bonds is 7. The van der Waals surface area contributed by atoms with Crippen molar-refractivity contribution in [3.8, 4) is 16.9 Å². The number of carbonyl (C=O) groups is 1. The summed E-state index contributed by atoms with van der Waals surface area (Å²) in [7, 11) is 0. The molecule has 1 N–H and O–H groups in total. The Morgan fingerprint density at radius 3 is 2.47 bits per heavy atom. The molecule has 4 nitrogen and oxygen atoms in total. The number of nitrogens with zero attached hydrogens (tertiary/aromatic N) is 1. The van der Waals surface area contributed by atoms with Crippen molar-refractivity contribution in [3.05, 3.63) is 95.1 Å². The molecule has 1 saturated heterocycles. The third kappa shape index (κ3) is 6.62. The topological polar surface area (TPSA) is 49.8 Å². The van der Waals surface area contributed by atoms with Gasteiger partial charge in [0.1, 0.15) is 17.4 Å². The van der Waals surface area contributed by atoms with Crippen molar-refractivity contribution in [1.29, 1.82) is 0 Å². The largest absolute Gasteiger partial charge is 0.508 e. The summed E-state index contributed by atoms with van der Waals surface area (Å²) in [4.78, 5) is 15.0. The van der Waals surface area contributed by atoms with E-state index in [1.54, 1.807) is 6.07 Å². The van der Waals surface area contributed by atoms with E-state index in [9.17, 15) is 9.90 Å². The third-order valence-electron chi connectivity index (χ3n) is 7.07. The van der Waals surface area contributed by atoms with E-state index in [0.717, 1.165) is 48.1 Å². The number of piperidine rings is 1. The summed E-state index contributed by atoms with van der Waals surface area (Å²) in [6.07, 6.45) is 8.73. The Balaban J connectivity index is 1.57. The second-order valence-corrected chi connectivity index (χ2v) is 11.0. The minimum Gasteiger partial charge on any atom is -0.508 e. The normalized spacial score (nSPS) is 16.5. The zero-order valence-electron chi connectivity index (χ0n) is 23.0. The number of phenols is 1. The van der Waals surface area contributed by atoms with Crippen molar-refractivity contribution in [2.24, 2.45) is 0 Å². The van der Waals surface area contributed by atoms with Crippen LogP contribution < -0.4 is 0 Å². The quantitative estimate of drug-likeness (QED) is 0.260. The summed E-state index contributed by atoms with van der Waals surface area (Å²) >= 11 is 0. The van der Waals surface area contributed by atoms with Gasteiger partial charge < -0.3 is 9.84 Å². The second-order valence-electron chi connectivity index (χ2n) is 11.0. The predicted molar refractivity (Wildman–Crippen MR) is 158 cm³/mol. The van der Waals surface area contributed by atoms with Gasteiger partial charge in [-0.25, -0.2) is 0 Å². The molecule has 0 aliphatic carbocycles. The minimum atomic E-state index is -0.523.